The molecule has 0 aliphatic heterocycles. The van der Waals surface area contributed by atoms with Crippen LogP contribution in [-0.4, -0.2) is 20.0 Å². The maximum atomic E-state index is 9.34. The van der Waals surface area contributed by atoms with E-state index in [9.17, 15) is 5.26 Å². The van der Waals surface area contributed by atoms with Gasteiger partial charge in [0.1, 0.15) is 6.07 Å². The largest absolute Gasteiger partial charge is 0.336 e. The summed E-state index contributed by atoms with van der Waals surface area (Å²) in [7, 11) is 0. The van der Waals surface area contributed by atoms with E-state index in [0.717, 1.165) is 10.9 Å². The molecule has 0 amide bonds. The summed E-state index contributed by atoms with van der Waals surface area (Å²) in [6.45, 7) is 0.684. The van der Waals surface area contributed by atoms with E-state index < -0.39 is 0 Å². The molecule has 0 spiro atoms. The van der Waals surface area contributed by atoms with Gasteiger partial charge in [0.05, 0.1) is 17.7 Å². The molecule has 0 aliphatic rings. The molecular formula is C19H14N6. The van der Waals surface area contributed by atoms with Gasteiger partial charge in [-0.2, -0.15) is 10.4 Å². The number of nitriles is 1. The van der Waals surface area contributed by atoms with Crippen molar-refractivity contribution < 1.29 is 0 Å². The number of fused-ring (bicyclic) bond motifs is 1. The molecule has 0 bridgehead atoms. The fourth-order valence-corrected chi connectivity index (χ4v) is 2.67. The van der Waals surface area contributed by atoms with Gasteiger partial charge in [0.2, 0.25) is 0 Å². The summed E-state index contributed by atoms with van der Waals surface area (Å²) < 4.78 is 1.85. The van der Waals surface area contributed by atoms with E-state index in [1.165, 1.54) is 5.56 Å². The van der Waals surface area contributed by atoms with Gasteiger partial charge in [-0.05, 0) is 11.6 Å². The molecular weight excluding hydrogens is 312 g/mol. The minimum atomic E-state index is 0.247. The lowest BCUT2D eigenvalue weighted by Crippen LogP contribution is -2.03. The van der Waals surface area contributed by atoms with Gasteiger partial charge in [-0.25, -0.2) is 0 Å². The number of hydrogen-bond donors (Lipinski definition) is 1. The highest BCUT2D eigenvalue weighted by atomic mass is 15.3. The first-order valence-corrected chi connectivity index (χ1v) is 7.83. The van der Waals surface area contributed by atoms with Crippen LogP contribution in [0.5, 0.6) is 0 Å². The number of rotatable bonds is 4. The molecule has 2 aromatic heterocycles. The lowest BCUT2D eigenvalue weighted by atomic mass is 10.1. The van der Waals surface area contributed by atoms with Crippen LogP contribution < -0.4 is 5.32 Å². The van der Waals surface area contributed by atoms with Crippen molar-refractivity contribution in [2.24, 2.45) is 0 Å². The number of anilines is 2. The van der Waals surface area contributed by atoms with Crippen molar-refractivity contribution in [1.82, 2.24) is 20.0 Å². The Morgan fingerprint density at radius 3 is 2.60 bits per heavy atom. The van der Waals surface area contributed by atoms with Crippen LogP contribution in [0.15, 0.2) is 66.9 Å². The summed E-state index contributed by atoms with van der Waals surface area (Å²) in [6, 6.07) is 21.6. The molecule has 25 heavy (non-hydrogen) atoms. The minimum Gasteiger partial charge on any atom is -0.336 e. The summed E-state index contributed by atoms with van der Waals surface area (Å²) in [6.07, 6.45) is 1.90. The summed E-state index contributed by atoms with van der Waals surface area (Å²) in [5.74, 6) is 0.658. The molecule has 0 aliphatic carbocycles. The molecule has 4 rings (SSSR count). The summed E-state index contributed by atoms with van der Waals surface area (Å²) in [5, 5.41) is 26.0. The number of benzene rings is 2. The van der Waals surface area contributed by atoms with Gasteiger partial charge in [-0.3, -0.25) is 4.68 Å². The van der Waals surface area contributed by atoms with Crippen molar-refractivity contribution in [3.05, 3.63) is 78.1 Å². The van der Waals surface area contributed by atoms with E-state index in [4.69, 9.17) is 0 Å². The molecule has 0 saturated carbocycles. The van der Waals surface area contributed by atoms with Gasteiger partial charge >= 0.3 is 0 Å². The molecule has 6 heteroatoms. The van der Waals surface area contributed by atoms with Crippen molar-refractivity contribution in [2.45, 2.75) is 6.54 Å². The van der Waals surface area contributed by atoms with Crippen molar-refractivity contribution in [3.8, 4) is 6.07 Å². The van der Waals surface area contributed by atoms with Crippen molar-refractivity contribution in [1.29, 1.82) is 5.26 Å². The third-order valence-electron chi connectivity index (χ3n) is 3.85. The number of hydrogen-bond acceptors (Lipinski definition) is 5. The quantitative estimate of drug-likeness (QED) is 0.621. The lowest BCUT2D eigenvalue weighted by Gasteiger charge is -2.08. The van der Waals surface area contributed by atoms with E-state index in [-0.39, 0.29) is 5.69 Å². The van der Waals surface area contributed by atoms with Crippen LogP contribution in [0.3, 0.4) is 0 Å². The number of aromatic nitrogens is 4. The van der Waals surface area contributed by atoms with E-state index in [1.54, 1.807) is 0 Å². The first-order valence-electron chi connectivity index (χ1n) is 7.83. The van der Waals surface area contributed by atoms with Crippen LogP contribution in [0.4, 0.5) is 11.5 Å². The Kier molecular flexibility index (Phi) is 3.81. The molecule has 0 fully saturated rings. The smallest absolute Gasteiger partial charge is 0.187 e. The zero-order valence-corrected chi connectivity index (χ0v) is 13.3. The molecule has 0 unspecified atom stereocenters. The highest BCUT2D eigenvalue weighted by Crippen LogP contribution is 2.26. The zero-order valence-electron chi connectivity index (χ0n) is 13.3. The second-order valence-electron chi connectivity index (χ2n) is 5.56. The molecule has 0 saturated heterocycles. The van der Waals surface area contributed by atoms with Gasteiger partial charge in [-0.1, -0.05) is 48.5 Å². The summed E-state index contributed by atoms with van der Waals surface area (Å²) in [5.41, 5.74) is 2.77. The zero-order chi connectivity index (χ0) is 17.1. The minimum absolute atomic E-state index is 0.247. The first kappa shape index (κ1) is 14.8. The molecule has 120 valence electrons. The number of nitrogens with zero attached hydrogens (tertiary/aromatic N) is 5. The van der Waals surface area contributed by atoms with E-state index in [1.807, 2.05) is 59.4 Å². The Morgan fingerprint density at radius 2 is 1.76 bits per heavy atom. The third kappa shape index (κ3) is 3.03. The monoisotopic (exact) mass is 326 g/mol. The van der Waals surface area contributed by atoms with Crippen molar-refractivity contribution in [2.75, 3.05) is 5.32 Å². The van der Waals surface area contributed by atoms with E-state index in [0.29, 0.717) is 18.1 Å². The predicted octanol–water partition coefficient (Wildman–Crippen LogP) is 3.49. The molecule has 2 aromatic carbocycles. The van der Waals surface area contributed by atoms with E-state index >= 15 is 0 Å². The maximum absolute atomic E-state index is 9.34. The Labute approximate surface area is 144 Å². The first-order chi connectivity index (χ1) is 12.3. The second kappa shape index (κ2) is 6.42. The predicted molar refractivity (Wildman–Crippen MR) is 95.3 cm³/mol. The Morgan fingerprint density at radius 1 is 0.960 bits per heavy atom. The summed E-state index contributed by atoms with van der Waals surface area (Å²) in [4.78, 5) is 0. The SMILES string of the molecule is N#Cc1nnc2ccccc2c1Nc1ccn(Cc2ccccc2)n1. The normalized spacial score (nSPS) is 10.5. The van der Waals surface area contributed by atoms with Crippen LogP contribution in [0, 0.1) is 11.3 Å². The molecule has 0 radical (unpaired) electrons. The molecule has 0 atom stereocenters. The highest BCUT2D eigenvalue weighted by Gasteiger charge is 2.11. The van der Waals surface area contributed by atoms with Gasteiger partial charge < -0.3 is 5.32 Å². The fraction of sp³-hybridized carbons (Fsp3) is 0.0526. The van der Waals surface area contributed by atoms with Gasteiger partial charge in [0, 0.05) is 17.6 Å². The average Bonchev–Trinajstić information content (AvgIpc) is 3.10. The highest BCUT2D eigenvalue weighted by molar-refractivity contribution is 5.94. The lowest BCUT2D eigenvalue weighted by molar-refractivity contribution is 0.690. The van der Waals surface area contributed by atoms with Crippen LogP contribution in [0.25, 0.3) is 10.9 Å². The summed E-state index contributed by atoms with van der Waals surface area (Å²) >= 11 is 0. The number of nitrogens with one attached hydrogen (secondary N) is 1. The second-order valence-corrected chi connectivity index (χ2v) is 5.56. The van der Waals surface area contributed by atoms with Gasteiger partial charge in [0.15, 0.2) is 11.5 Å². The van der Waals surface area contributed by atoms with Crippen LogP contribution >= 0.6 is 0 Å². The molecule has 4 aromatic rings. The Bertz CT molecular complexity index is 1060. The third-order valence-corrected chi connectivity index (χ3v) is 3.85. The molecule has 6 nitrogen and oxygen atoms in total. The van der Waals surface area contributed by atoms with Crippen LogP contribution in [0.1, 0.15) is 11.3 Å². The van der Waals surface area contributed by atoms with Crippen molar-refractivity contribution in [3.63, 3.8) is 0 Å². The van der Waals surface area contributed by atoms with Gasteiger partial charge in [-0.15, -0.1) is 10.2 Å². The van der Waals surface area contributed by atoms with Crippen molar-refractivity contribution >= 4 is 22.4 Å². The topological polar surface area (TPSA) is 79.4 Å². The fourth-order valence-electron chi connectivity index (χ4n) is 2.67. The molecule has 1 N–H and O–H groups in total. The maximum Gasteiger partial charge on any atom is 0.187 e. The van der Waals surface area contributed by atoms with Gasteiger partial charge in [0.25, 0.3) is 0 Å². The standard InChI is InChI=1S/C19H14N6/c20-12-17-19(15-8-4-5-9-16(15)22-23-17)21-18-10-11-25(24-18)13-14-6-2-1-3-7-14/h1-11H,13H2,(H,21,22,24). The van der Waals surface area contributed by atoms with Crippen LogP contribution in [0.2, 0.25) is 0 Å². The van der Waals surface area contributed by atoms with E-state index in [2.05, 4.69) is 38.8 Å². The molecule has 2 heterocycles. The Balaban J connectivity index is 1.65. The van der Waals surface area contributed by atoms with Crippen LogP contribution in [-0.2, 0) is 6.54 Å². The Hall–Kier alpha value is -3.72. The average molecular weight is 326 g/mol.